The Labute approximate surface area is 77.4 Å². The van der Waals surface area contributed by atoms with E-state index in [1.54, 1.807) is 11.3 Å². The zero-order valence-corrected chi connectivity index (χ0v) is 8.57. The summed E-state index contributed by atoms with van der Waals surface area (Å²) in [7, 11) is 0. The first-order valence-corrected chi connectivity index (χ1v) is 5.04. The highest BCUT2D eigenvalue weighted by atomic mass is 32.1. The molecule has 1 heterocycles. The topological polar surface area (TPSA) is 17.1 Å². The van der Waals surface area contributed by atoms with Gasteiger partial charge in [0, 0.05) is 17.2 Å². The summed E-state index contributed by atoms with van der Waals surface area (Å²) in [4.78, 5) is 12.5. The summed E-state index contributed by atoms with van der Waals surface area (Å²) in [5.74, 6) is 0.490. The Bertz CT molecular complexity index is 273. The van der Waals surface area contributed by atoms with Crippen LogP contribution in [0.3, 0.4) is 0 Å². The van der Waals surface area contributed by atoms with E-state index in [0.717, 1.165) is 0 Å². The van der Waals surface area contributed by atoms with Gasteiger partial charge in [0.25, 0.3) is 0 Å². The van der Waals surface area contributed by atoms with Crippen molar-refractivity contribution in [2.24, 2.45) is 5.92 Å². The van der Waals surface area contributed by atoms with Crippen LogP contribution >= 0.6 is 11.3 Å². The second-order valence-corrected chi connectivity index (χ2v) is 4.38. The van der Waals surface area contributed by atoms with Crippen molar-refractivity contribution in [2.75, 3.05) is 0 Å². The highest BCUT2D eigenvalue weighted by Gasteiger charge is 2.08. The summed E-state index contributed by atoms with van der Waals surface area (Å²) in [6.45, 7) is 5.95. The fourth-order valence-corrected chi connectivity index (χ4v) is 1.84. The lowest BCUT2D eigenvalue weighted by molar-refractivity contribution is -0.121. The molecule has 0 amide bonds. The molecule has 0 spiro atoms. The number of Topliss-reactive ketones (excluding diaryl/α,β-unsaturated/α-hetero) is 1. The minimum Gasteiger partial charge on any atom is -0.299 e. The number of aryl methyl sites for hydroxylation is 1. The molecule has 1 rings (SSSR count). The third-order valence-corrected chi connectivity index (χ3v) is 2.83. The van der Waals surface area contributed by atoms with Gasteiger partial charge in [-0.05, 0) is 23.9 Å². The van der Waals surface area contributed by atoms with E-state index in [1.807, 2.05) is 13.8 Å². The maximum atomic E-state index is 11.3. The number of thiophene rings is 1. The number of hydrogen-bond donors (Lipinski definition) is 0. The molecule has 66 valence electrons. The number of carbonyl (C=O) groups excluding carboxylic acids is 1. The highest BCUT2D eigenvalue weighted by Crippen LogP contribution is 2.15. The van der Waals surface area contributed by atoms with Crippen LogP contribution in [0.1, 0.15) is 24.3 Å². The Morgan fingerprint density at radius 3 is 2.67 bits per heavy atom. The smallest absolute Gasteiger partial charge is 0.140 e. The molecule has 0 aliphatic heterocycles. The monoisotopic (exact) mass is 182 g/mol. The van der Waals surface area contributed by atoms with E-state index >= 15 is 0 Å². The second-order valence-electron chi connectivity index (χ2n) is 3.39. The van der Waals surface area contributed by atoms with Gasteiger partial charge in [-0.25, -0.2) is 0 Å². The molecule has 1 aromatic rings. The van der Waals surface area contributed by atoms with E-state index in [1.165, 1.54) is 10.4 Å². The van der Waals surface area contributed by atoms with Gasteiger partial charge in [0.05, 0.1) is 0 Å². The summed E-state index contributed by atoms with van der Waals surface area (Å²) in [6.07, 6.45) is 0.607. The zero-order chi connectivity index (χ0) is 9.14. The number of carbonyl (C=O) groups is 1. The Kier molecular flexibility index (Phi) is 3.04. The van der Waals surface area contributed by atoms with Gasteiger partial charge in [-0.1, -0.05) is 13.8 Å². The van der Waals surface area contributed by atoms with Gasteiger partial charge < -0.3 is 0 Å². The predicted octanol–water partition coefficient (Wildman–Crippen LogP) is 2.82. The summed E-state index contributed by atoms with van der Waals surface area (Å²) in [5, 5.41) is 2.09. The van der Waals surface area contributed by atoms with Gasteiger partial charge >= 0.3 is 0 Å². The lowest BCUT2D eigenvalue weighted by Crippen LogP contribution is -2.08. The lowest BCUT2D eigenvalue weighted by Gasteiger charge is -2.00. The van der Waals surface area contributed by atoms with Crippen molar-refractivity contribution in [1.82, 2.24) is 0 Å². The number of ketones is 1. The molecule has 0 radical (unpaired) electrons. The van der Waals surface area contributed by atoms with Crippen LogP contribution in [0.5, 0.6) is 0 Å². The van der Waals surface area contributed by atoms with E-state index < -0.39 is 0 Å². The molecule has 0 saturated heterocycles. The Morgan fingerprint density at radius 1 is 1.58 bits per heavy atom. The van der Waals surface area contributed by atoms with Crippen molar-refractivity contribution < 1.29 is 4.79 Å². The van der Waals surface area contributed by atoms with Crippen LogP contribution in [-0.2, 0) is 11.2 Å². The molecule has 0 aliphatic rings. The van der Waals surface area contributed by atoms with Crippen molar-refractivity contribution in [2.45, 2.75) is 27.2 Å². The molecule has 0 aromatic carbocycles. The number of rotatable bonds is 3. The molecule has 0 fully saturated rings. The maximum Gasteiger partial charge on any atom is 0.140 e. The van der Waals surface area contributed by atoms with Crippen molar-refractivity contribution in [3.63, 3.8) is 0 Å². The van der Waals surface area contributed by atoms with E-state index in [2.05, 4.69) is 18.4 Å². The molecule has 0 N–H and O–H groups in total. The second kappa shape index (κ2) is 3.85. The average molecular weight is 182 g/mol. The predicted molar refractivity (Wildman–Crippen MR) is 52.6 cm³/mol. The fraction of sp³-hybridized carbons (Fsp3) is 0.500. The third-order valence-electron chi connectivity index (χ3n) is 1.78. The van der Waals surface area contributed by atoms with Crippen LogP contribution < -0.4 is 0 Å². The SMILES string of the molecule is Cc1csc(CC(=O)C(C)C)c1. The molecule has 1 nitrogen and oxygen atoms in total. The molecule has 2 heteroatoms. The minimum absolute atomic E-state index is 0.160. The Morgan fingerprint density at radius 2 is 2.25 bits per heavy atom. The van der Waals surface area contributed by atoms with Gasteiger partial charge in [-0.15, -0.1) is 11.3 Å². The summed E-state index contributed by atoms with van der Waals surface area (Å²) >= 11 is 1.67. The van der Waals surface area contributed by atoms with Gasteiger partial charge in [-0.3, -0.25) is 4.79 Å². The van der Waals surface area contributed by atoms with Crippen molar-refractivity contribution in [3.8, 4) is 0 Å². The van der Waals surface area contributed by atoms with Crippen LogP contribution in [-0.4, -0.2) is 5.78 Å². The molecule has 0 aliphatic carbocycles. The van der Waals surface area contributed by atoms with Crippen LogP contribution in [0.25, 0.3) is 0 Å². The van der Waals surface area contributed by atoms with Crippen molar-refractivity contribution in [3.05, 3.63) is 21.9 Å². The zero-order valence-electron chi connectivity index (χ0n) is 7.76. The first-order chi connectivity index (χ1) is 5.59. The van der Waals surface area contributed by atoms with Crippen LogP contribution in [0, 0.1) is 12.8 Å². The van der Waals surface area contributed by atoms with Crippen molar-refractivity contribution in [1.29, 1.82) is 0 Å². The fourth-order valence-electron chi connectivity index (χ4n) is 0.959. The molecule has 0 unspecified atom stereocenters. The van der Waals surface area contributed by atoms with Crippen LogP contribution in [0.4, 0.5) is 0 Å². The Balaban J connectivity index is 2.58. The molecule has 0 bridgehead atoms. The van der Waals surface area contributed by atoms with Gasteiger partial charge in [0.15, 0.2) is 0 Å². The first-order valence-electron chi connectivity index (χ1n) is 4.16. The highest BCUT2D eigenvalue weighted by molar-refractivity contribution is 7.10. The van der Waals surface area contributed by atoms with Crippen molar-refractivity contribution >= 4 is 17.1 Å². The first kappa shape index (κ1) is 9.46. The van der Waals surface area contributed by atoms with Gasteiger partial charge in [0.2, 0.25) is 0 Å². The Hall–Kier alpha value is -0.630. The quantitative estimate of drug-likeness (QED) is 0.702. The van der Waals surface area contributed by atoms with E-state index in [4.69, 9.17) is 0 Å². The molecule has 0 saturated carbocycles. The van der Waals surface area contributed by atoms with Crippen LogP contribution in [0.15, 0.2) is 11.4 Å². The standard InChI is InChI=1S/C10H14OS/c1-7(2)10(11)5-9-4-8(3)6-12-9/h4,6-7H,5H2,1-3H3. The summed E-state index contributed by atoms with van der Waals surface area (Å²) in [6, 6.07) is 2.09. The third kappa shape index (κ3) is 2.45. The maximum absolute atomic E-state index is 11.3. The summed E-state index contributed by atoms with van der Waals surface area (Å²) < 4.78 is 0. The van der Waals surface area contributed by atoms with Gasteiger partial charge in [-0.2, -0.15) is 0 Å². The van der Waals surface area contributed by atoms with E-state index in [-0.39, 0.29) is 5.92 Å². The molecule has 12 heavy (non-hydrogen) atoms. The van der Waals surface area contributed by atoms with Gasteiger partial charge in [0.1, 0.15) is 5.78 Å². The van der Waals surface area contributed by atoms with E-state index in [9.17, 15) is 4.79 Å². The minimum atomic E-state index is 0.160. The molecular weight excluding hydrogens is 168 g/mol. The molecule has 1 aromatic heterocycles. The van der Waals surface area contributed by atoms with Crippen LogP contribution in [0.2, 0.25) is 0 Å². The molecular formula is C10H14OS. The lowest BCUT2D eigenvalue weighted by atomic mass is 10.1. The average Bonchev–Trinajstić information content (AvgIpc) is 2.35. The summed E-state index contributed by atoms with van der Waals surface area (Å²) in [5.41, 5.74) is 1.26. The largest absolute Gasteiger partial charge is 0.299 e. The van der Waals surface area contributed by atoms with E-state index in [0.29, 0.717) is 12.2 Å². The molecule has 0 atom stereocenters. The normalized spacial score (nSPS) is 10.7. The number of hydrogen-bond acceptors (Lipinski definition) is 2.